The monoisotopic (exact) mass is 137 g/mol. The third-order valence-corrected chi connectivity index (χ3v) is 1.71. The zero-order valence-electron chi connectivity index (χ0n) is 6.13. The third kappa shape index (κ3) is 1.30. The van der Waals surface area contributed by atoms with E-state index in [0.29, 0.717) is 6.04 Å². The summed E-state index contributed by atoms with van der Waals surface area (Å²) in [6, 6.07) is 0.452. The van der Waals surface area contributed by atoms with Crippen LogP contribution in [-0.4, -0.2) is 23.4 Å². The first kappa shape index (κ1) is 7.14. The fourth-order valence-electron chi connectivity index (χ4n) is 1.04. The van der Waals surface area contributed by atoms with Crippen molar-refractivity contribution in [1.82, 2.24) is 4.90 Å². The second-order valence-corrected chi connectivity index (χ2v) is 2.47. The third-order valence-electron chi connectivity index (χ3n) is 1.71. The first-order chi connectivity index (χ1) is 4.79. The van der Waals surface area contributed by atoms with Gasteiger partial charge in [-0.2, -0.15) is 0 Å². The van der Waals surface area contributed by atoms with E-state index in [4.69, 9.17) is 6.42 Å². The first-order valence-electron chi connectivity index (χ1n) is 3.56. The average molecular weight is 137 g/mol. The van der Waals surface area contributed by atoms with Crippen LogP contribution >= 0.6 is 0 Å². The number of amides is 1. The lowest BCUT2D eigenvalue weighted by atomic mass is 10.4. The van der Waals surface area contributed by atoms with E-state index in [9.17, 15) is 4.79 Å². The van der Waals surface area contributed by atoms with Crippen LogP contribution in [0.25, 0.3) is 0 Å². The summed E-state index contributed by atoms with van der Waals surface area (Å²) < 4.78 is 0. The molecule has 54 valence electrons. The van der Waals surface area contributed by atoms with Gasteiger partial charge < -0.3 is 4.90 Å². The van der Waals surface area contributed by atoms with Crippen molar-refractivity contribution in [2.24, 2.45) is 0 Å². The predicted molar refractivity (Wildman–Crippen MR) is 39.2 cm³/mol. The molecule has 0 aromatic rings. The Morgan fingerprint density at radius 3 is 2.70 bits per heavy atom. The van der Waals surface area contributed by atoms with Crippen molar-refractivity contribution >= 4 is 5.91 Å². The Hall–Kier alpha value is -0.970. The van der Waals surface area contributed by atoms with Crippen molar-refractivity contribution < 1.29 is 4.79 Å². The standard InChI is InChI=1S/C8H11NO/c1-3-8(10)9(4-2)7-5-6-7/h1,7H,4-6H2,2H3. The largest absolute Gasteiger partial charge is 0.329 e. The van der Waals surface area contributed by atoms with Gasteiger partial charge in [0.05, 0.1) is 0 Å². The lowest BCUT2D eigenvalue weighted by Gasteiger charge is -2.15. The van der Waals surface area contributed by atoms with Crippen LogP contribution in [0.3, 0.4) is 0 Å². The van der Waals surface area contributed by atoms with Crippen LogP contribution in [-0.2, 0) is 4.79 Å². The molecule has 1 aliphatic rings. The molecule has 0 bridgehead atoms. The average Bonchev–Trinajstić information content (AvgIpc) is 2.73. The number of hydrogen-bond donors (Lipinski definition) is 0. The van der Waals surface area contributed by atoms with Crippen LogP contribution in [0.5, 0.6) is 0 Å². The highest BCUT2D eigenvalue weighted by Gasteiger charge is 2.30. The summed E-state index contributed by atoms with van der Waals surface area (Å²) in [5.41, 5.74) is 0. The van der Waals surface area contributed by atoms with E-state index < -0.39 is 0 Å². The fraction of sp³-hybridized carbons (Fsp3) is 0.625. The molecule has 0 aromatic carbocycles. The van der Waals surface area contributed by atoms with Gasteiger partial charge in [0.15, 0.2) is 0 Å². The summed E-state index contributed by atoms with van der Waals surface area (Å²) >= 11 is 0. The Morgan fingerprint density at radius 1 is 1.80 bits per heavy atom. The van der Waals surface area contributed by atoms with Gasteiger partial charge in [-0.15, -0.1) is 6.42 Å². The van der Waals surface area contributed by atoms with Gasteiger partial charge in [-0.25, -0.2) is 0 Å². The van der Waals surface area contributed by atoms with E-state index in [0.717, 1.165) is 19.4 Å². The maximum absolute atomic E-state index is 10.9. The molecule has 1 rings (SSSR count). The number of hydrogen-bond acceptors (Lipinski definition) is 1. The lowest BCUT2D eigenvalue weighted by molar-refractivity contribution is -0.125. The van der Waals surface area contributed by atoms with Crippen LogP contribution in [0.1, 0.15) is 19.8 Å². The molecule has 2 nitrogen and oxygen atoms in total. The zero-order valence-corrected chi connectivity index (χ0v) is 6.13. The molecule has 0 saturated heterocycles. The first-order valence-corrected chi connectivity index (χ1v) is 3.56. The van der Waals surface area contributed by atoms with E-state index in [1.807, 2.05) is 6.92 Å². The second kappa shape index (κ2) is 2.74. The molecule has 1 aliphatic carbocycles. The van der Waals surface area contributed by atoms with Gasteiger partial charge in [0.25, 0.3) is 5.91 Å². The molecule has 1 amide bonds. The maximum Gasteiger partial charge on any atom is 0.298 e. The quantitative estimate of drug-likeness (QED) is 0.511. The van der Waals surface area contributed by atoms with Crippen LogP contribution in [0, 0.1) is 12.3 Å². The Morgan fingerprint density at radius 2 is 2.40 bits per heavy atom. The molecular weight excluding hydrogens is 126 g/mol. The molecule has 0 N–H and O–H groups in total. The van der Waals surface area contributed by atoms with Gasteiger partial charge in [0.1, 0.15) is 0 Å². The molecule has 0 aromatic heterocycles. The van der Waals surface area contributed by atoms with Gasteiger partial charge in [-0.1, -0.05) is 0 Å². The van der Waals surface area contributed by atoms with E-state index in [-0.39, 0.29) is 5.91 Å². The number of terminal acetylenes is 1. The Labute approximate surface area is 61.2 Å². The van der Waals surface area contributed by atoms with Gasteiger partial charge >= 0.3 is 0 Å². The highest BCUT2D eigenvalue weighted by atomic mass is 16.2. The summed E-state index contributed by atoms with van der Waals surface area (Å²) in [6.07, 6.45) is 7.23. The number of rotatable bonds is 2. The minimum Gasteiger partial charge on any atom is -0.329 e. The SMILES string of the molecule is C#CC(=O)N(CC)C1CC1. The van der Waals surface area contributed by atoms with Gasteiger partial charge in [0.2, 0.25) is 0 Å². The zero-order chi connectivity index (χ0) is 7.56. The highest BCUT2D eigenvalue weighted by Crippen LogP contribution is 2.26. The van der Waals surface area contributed by atoms with Crippen LogP contribution < -0.4 is 0 Å². The molecule has 0 atom stereocenters. The normalized spacial score (nSPS) is 16.0. The minimum atomic E-state index is -0.162. The van der Waals surface area contributed by atoms with Gasteiger partial charge in [-0.05, 0) is 25.7 Å². The summed E-state index contributed by atoms with van der Waals surface area (Å²) in [5, 5.41) is 0. The molecule has 10 heavy (non-hydrogen) atoms. The molecule has 0 aliphatic heterocycles. The predicted octanol–water partition coefficient (Wildman–Crippen LogP) is 0.631. The minimum absolute atomic E-state index is 0.162. The van der Waals surface area contributed by atoms with Crippen molar-refractivity contribution in [1.29, 1.82) is 0 Å². The Bertz CT molecular complexity index is 176. The van der Waals surface area contributed by atoms with Crippen molar-refractivity contribution in [2.75, 3.05) is 6.54 Å². The van der Waals surface area contributed by atoms with Crippen LogP contribution in [0.15, 0.2) is 0 Å². The van der Waals surface area contributed by atoms with Gasteiger partial charge in [-0.3, -0.25) is 4.79 Å². The van der Waals surface area contributed by atoms with Crippen LogP contribution in [0.4, 0.5) is 0 Å². The lowest BCUT2D eigenvalue weighted by Crippen LogP contribution is -2.31. The smallest absolute Gasteiger partial charge is 0.298 e. The topological polar surface area (TPSA) is 20.3 Å². The Kier molecular flexibility index (Phi) is 1.96. The second-order valence-electron chi connectivity index (χ2n) is 2.47. The van der Waals surface area contributed by atoms with Crippen LogP contribution in [0.2, 0.25) is 0 Å². The number of carbonyl (C=O) groups excluding carboxylic acids is 1. The molecule has 0 heterocycles. The summed E-state index contributed by atoms with van der Waals surface area (Å²) in [5.74, 6) is 1.96. The molecule has 0 unspecified atom stereocenters. The molecular formula is C8H11NO. The fourth-order valence-corrected chi connectivity index (χ4v) is 1.04. The summed E-state index contributed by atoms with van der Waals surface area (Å²) in [7, 11) is 0. The van der Waals surface area contributed by atoms with Crippen molar-refractivity contribution in [3.8, 4) is 12.3 Å². The summed E-state index contributed by atoms with van der Waals surface area (Å²) in [4.78, 5) is 12.7. The highest BCUT2D eigenvalue weighted by molar-refractivity contribution is 5.93. The maximum atomic E-state index is 10.9. The van der Waals surface area contributed by atoms with E-state index in [1.165, 1.54) is 0 Å². The van der Waals surface area contributed by atoms with Crippen molar-refractivity contribution in [2.45, 2.75) is 25.8 Å². The summed E-state index contributed by atoms with van der Waals surface area (Å²) in [6.45, 7) is 2.70. The van der Waals surface area contributed by atoms with E-state index in [1.54, 1.807) is 4.90 Å². The van der Waals surface area contributed by atoms with Crippen molar-refractivity contribution in [3.63, 3.8) is 0 Å². The van der Waals surface area contributed by atoms with E-state index in [2.05, 4.69) is 5.92 Å². The van der Waals surface area contributed by atoms with Gasteiger partial charge in [0, 0.05) is 12.6 Å². The molecule has 1 saturated carbocycles. The Balaban J connectivity index is 2.48. The molecule has 2 heteroatoms. The number of nitrogens with zero attached hydrogens (tertiary/aromatic N) is 1. The molecule has 0 spiro atoms. The van der Waals surface area contributed by atoms with Crippen molar-refractivity contribution in [3.05, 3.63) is 0 Å². The van der Waals surface area contributed by atoms with E-state index >= 15 is 0 Å². The number of carbonyl (C=O) groups is 1. The molecule has 0 radical (unpaired) electrons. The molecule has 1 fully saturated rings.